The van der Waals surface area contributed by atoms with E-state index in [0.29, 0.717) is 11.3 Å². The Morgan fingerprint density at radius 3 is 2.35 bits per heavy atom. The summed E-state index contributed by atoms with van der Waals surface area (Å²) in [6.45, 7) is 6.05. The van der Waals surface area contributed by atoms with Crippen LogP contribution in [0.1, 0.15) is 51.2 Å². The quantitative estimate of drug-likeness (QED) is 0.887. The topological polar surface area (TPSA) is 66.8 Å². The number of ether oxygens (including phenoxy) is 1. The molecule has 0 aliphatic heterocycles. The van der Waals surface area contributed by atoms with Crippen molar-refractivity contribution in [2.75, 3.05) is 7.11 Å². The van der Waals surface area contributed by atoms with Crippen molar-refractivity contribution in [1.29, 1.82) is 0 Å². The molecule has 1 aliphatic carbocycles. The lowest BCUT2D eigenvalue weighted by molar-refractivity contribution is -0.137. The summed E-state index contributed by atoms with van der Waals surface area (Å²) >= 11 is 0. The number of benzene rings is 1. The average molecular weight is 278 g/mol. The van der Waals surface area contributed by atoms with Crippen LogP contribution in [0.25, 0.3) is 0 Å². The molecule has 0 radical (unpaired) electrons. The third-order valence-corrected chi connectivity index (χ3v) is 4.04. The summed E-state index contributed by atoms with van der Waals surface area (Å²) in [7, 11) is 1.58. The Hall–Kier alpha value is -1.71. The normalized spacial score (nSPS) is 16.8. The number of aliphatic carboxylic acids is 1. The number of aromatic hydroxyl groups is 1. The van der Waals surface area contributed by atoms with Crippen LogP contribution in [0.15, 0.2) is 12.1 Å². The van der Waals surface area contributed by atoms with Crippen LogP contribution in [0, 0.1) is 0 Å². The van der Waals surface area contributed by atoms with Gasteiger partial charge in [-0.1, -0.05) is 20.8 Å². The lowest BCUT2D eigenvalue weighted by atomic mass is 9.81. The van der Waals surface area contributed by atoms with E-state index in [-0.39, 0.29) is 17.6 Å². The first-order chi connectivity index (χ1) is 9.19. The molecule has 4 nitrogen and oxygen atoms in total. The predicted octanol–water partition coefficient (Wildman–Crippen LogP) is 3.20. The molecule has 2 rings (SSSR count). The summed E-state index contributed by atoms with van der Waals surface area (Å²) in [5, 5.41) is 19.7. The van der Waals surface area contributed by atoms with E-state index in [2.05, 4.69) is 0 Å². The minimum atomic E-state index is -0.831. The number of phenols is 1. The molecule has 0 spiro atoms. The Morgan fingerprint density at radius 1 is 1.35 bits per heavy atom. The van der Waals surface area contributed by atoms with Gasteiger partial charge in [0.1, 0.15) is 11.5 Å². The van der Waals surface area contributed by atoms with Crippen molar-refractivity contribution in [1.82, 2.24) is 0 Å². The van der Waals surface area contributed by atoms with Crippen molar-refractivity contribution >= 4 is 5.97 Å². The highest BCUT2D eigenvalue weighted by Crippen LogP contribution is 2.56. The maximum atomic E-state index is 11.1. The highest BCUT2D eigenvalue weighted by molar-refractivity contribution is 5.71. The first kappa shape index (κ1) is 14.7. The van der Waals surface area contributed by atoms with Crippen LogP contribution in [0.5, 0.6) is 11.5 Å². The molecule has 0 bridgehead atoms. The van der Waals surface area contributed by atoms with Gasteiger partial charge in [-0.3, -0.25) is 4.79 Å². The minimum Gasteiger partial charge on any atom is -0.507 e. The highest BCUT2D eigenvalue weighted by atomic mass is 16.5. The lowest BCUT2D eigenvalue weighted by Gasteiger charge is -2.25. The number of carboxylic acid groups (broad SMARTS) is 1. The van der Waals surface area contributed by atoms with Gasteiger partial charge in [0.05, 0.1) is 13.5 Å². The highest BCUT2D eigenvalue weighted by Gasteiger charge is 2.48. The van der Waals surface area contributed by atoms with Gasteiger partial charge in [-0.25, -0.2) is 0 Å². The molecular weight excluding hydrogens is 256 g/mol. The van der Waals surface area contributed by atoms with Crippen LogP contribution in [0.4, 0.5) is 0 Å². The maximum absolute atomic E-state index is 11.1. The SMILES string of the molecule is COc1cc(C(C)(C)C)c(O)c(C2(CC(=O)O)CC2)c1. The molecule has 0 saturated heterocycles. The van der Waals surface area contributed by atoms with Crippen molar-refractivity contribution in [3.05, 3.63) is 23.3 Å². The Kier molecular flexibility index (Phi) is 3.44. The van der Waals surface area contributed by atoms with Gasteiger partial charge in [0, 0.05) is 16.5 Å². The van der Waals surface area contributed by atoms with Crippen LogP contribution in [-0.2, 0) is 15.6 Å². The van der Waals surface area contributed by atoms with E-state index in [1.807, 2.05) is 26.8 Å². The fraction of sp³-hybridized carbons (Fsp3) is 0.562. The second-order valence-electron chi connectivity index (χ2n) is 6.67. The fourth-order valence-electron chi connectivity index (χ4n) is 2.68. The zero-order chi connectivity index (χ0) is 15.1. The molecule has 0 unspecified atom stereocenters. The number of carbonyl (C=O) groups is 1. The molecule has 4 heteroatoms. The number of phenolic OH excluding ortho intramolecular Hbond substituents is 1. The Bertz CT molecular complexity index is 536. The molecule has 110 valence electrons. The van der Waals surface area contributed by atoms with Gasteiger partial charge in [-0.2, -0.15) is 0 Å². The zero-order valence-corrected chi connectivity index (χ0v) is 12.5. The van der Waals surface area contributed by atoms with E-state index in [0.717, 1.165) is 18.4 Å². The summed E-state index contributed by atoms with van der Waals surface area (Å²) < 4.78 is 5.32. The summed E-state index contributed by atoms with van der Waals surface area (Å²) in [6, 6.07) is 3.61. The van der Waals surface area contributed by atoms with E-state index in [1.54, 1.807) is 13.2 Å². The molecule has 0 amide bonds. The van der Waals surface area contributed by atoms with E-state index < -0.39 is 11.4 Å². The first-order valence-corrected chi connectivity index (χ1v) is 6.83. The minimum absolute atomic E-state index is 0.0529. The van der Waals surface area contributed by atoms with Crippen molar-refractivity contribution in [3.8, 4) is 11.5 Å². The summed E-state index contributed by atoms with van der Waals surface area (Å²) in [4.78, 5) is 11.1. The third-order valence-electron chi connectivity index (χ3n) is 4.04. The van der Waals surface area contributed by atoms with Gasteiger partial charge in [-0.15, -0.1) is 0 Å². The van der Waals surface area contributed by atoms with Crippen molar-refractivity contribution in [2.45, 2.75) is 50.9 Å². The average Bonchev–Trinajstić information content (AvgIpc) is 3.07. The number of rotatable bonds is 4. The number of hydrogen-bond acceptors (Lipinski definition) is 3. The van der Waals surface area contributed by atoms with Gasteiger partial charge >= 0.3 is 5.97 Å². The lowest BCUT2D eigenvalue weighted by Crippen LogP contribution is -2.17. The van der Waals surface area contributed by atoms with Crippen LogP contribution < -0.4 is 4.74 Å². The van der Waals surface area contributed by atoms with Gasteiger partial charge in [-0.05, 0) is 30.4 Å². The molecule has 0 atom stereocenters. The number of carboxylic acids is 1. The fourth-order valence-corrected chi connectivity index (χ4v) is 2.68. The summed E-state index contributed by atoms with van der Waals surface area (Å²) in [6.07, 6.45) is 1.64. The standard InChI is InChI=1S/C16H22O4/c1-15(2,3)11-7-10(20-4)8-12(14(11)19)16(5-6-16)9-13(17)18/h7-8,19H,5-6,9H2,1-4H3,(H,17,18). The monoisotopic (exact) mass is 278 g/mol. The van der Waals surface area contributed by atoms with E-state index in [1.165, 1.54) is 0 Å². The Labute approximate surface area is 119 Å². The maximum Gasteiger partial charge on any atom is 0.304 e. The van der Waals surface area contributed by atoms with Crippen LogP contribution in [0.3, 0.4) is 0 Å². The second-order valence-corrected chi connectivity index (χ2v) is 6.67. The van der Waals surface area contributed by atoms with Gasteiger partial charge in [0.15, 0.2) is 0 Å². The molecule has 1 saturated carbocycles. The van der Waals surface area contributed by atoms with Gasteiger partial charge < -0.3 is 14.9 Å². The summed E-state index contributed by atoms with van der Waals surface area (Å²) in [5.41, 5.74) is 0.851. The molecule has 0 aromatic heterocycles. The third kappa shape index (κ3) is 2.60. The van der Waals surface area contributed by atoms with Crippen LogP contribution in [0.2, 0.25) is 0 Å². The first-order valence-electron chi connectivity index (χ1n) is 6.83. The van der Waals surface area contributed by atoms with Crippen LogP contribution in [-0.4, -0.2) is 23.3 Å². The largest absolute Gasteiger partial charge is 0.507 e. The van der Waals surface area contributed by atoms with E-state index >= 15 is 0 Å². The van der Waals surface area contributed by atoms with E-state index in [4.69, 9.17) is 9.84 Å². The Morgan fingerprint density at radius 2 is 1.95 bits per heavy atom. The van der Waals surface area contributed by atoms with Gasteiger partial charge in [0.25, 0.3) is 0 Å². The number of hydrogen-bond donors (Lipinski definition) is 2. The smallest absolute Gasteiger partial charge is 0.304 e. The molecule has 1 aliphatic rings. The molecule has 2 N–H and O–H groups in total. The molecule has 1 aromatic carbocycles. The molecule has 20 heavy (non-hydrogen) atoms. The summed E-state index contributed by atoms with van der Waals surface area (Å²) in [5.74, 6) is 0.0541. The molecule has 0 heterocycles. The zero-order valence-electron chi connectivity index (χ0n) is 12.5. The predicted molar refractivity (Wildman–Crippen MR) is 76.5 cm³/mol. The number of methoxy groups -OCH3 is 1. The molecule has 1 fully saturated rings. The van der Waals surface area contributed by atoms with E-state index in [9.17, 15) is 9.90 Å². The van der Waals surface area contributed by atoms with Crippen LogP contribution >= 0.6 is 0 Å². The van der Waals surface area contributed by atoms with Crippen molar-refractivity contribution in [2.24, 2.45) is 0 Å². The van der Waals surface area contributed by atoms with Gasteiger partial charge in [0.2, 0.25) is 0 Å². The molecule has 1 aromatic rings. The van der Waals surface area contributed by atoms with Crippen molar-refractivity contribution < 1.29 is 19.7 Å². The second kappa shape index (κ2) is 4.69. The Balaban J connectivity index is 2.56. The van der Waals surface area contributed by atoms with Crippen molar-refractivity contribution in [3.63, 3.8) is 0 Å². The molecular formula is C16H22O4.